The summed E-state index contributed by atoms with van der Waals surface area (Å²) in [6.07, 6.45) is 14.3. The Kier molecular flexibility index (Phi) is 7.09. The van der Waals surface area contributed by atoms with Gasteiger partial charge in [0.2, 0.25) is 0 Å². The van der Waals surface area contributed by atoms with Crippen molar-refractivity contribution >= 4 is 17.1 Å². The van der Waals surface area contributed by atoms with Crippen LogP contribution in [-0.2, 0) is 0 Å². The molecule has 0 amide bonds. The molecule has 0 bridgehead atoms. The summed E-state index contributed by atoms with van der Waals surface area (Å²) in [6, 6.07) is 10.1. The number of aldehydes is 1. The van der Waals surface area contributed by atoms with E-state index in [0.717, 1.165) is 28.9 Å². The Hall–Kier alpha value is -1.87. The number of phenolic OH excluding ortho intramolecular Hbond substituents is 1. The van der Waals surface area contributed by atoms with E-state index in [1.165, 1.54) is 82.9 Å². The fourth-order valence-electron chi connectivity index (χ4n) is 5.95. The molecule has 3 nitrogen and oxygen atoms in total. The van der Waals surface area contributed by atoms with Crippen LogP contribution in [-0.4, -0.2) is 36.4 Å². The molecule has 2 aromatic carbocycles. The molecule has 2 aliphatic rings. The van der Waals surface area contributed by atoms with Gasteiger partial charge < -0.3 is 10.0 Å². The second-order valence-electron chi connectivity index (χ2n) is 9.76. The van der Waals surface area contributed by atoms with Crippen LogP contribution < -0.4 is 0 Å². The van der Waals surface area contributed by atoms with Gasteiger partial charge in [0.1, 0.15) is 5.75 Å². The van der Waals surface area contributed by atoms with Gasteiger partial charge in [0, 0.05) is 0 Å². The van der Waals surface area contributed by atoms with Crippen molar-refractivity contribution in [3.8, 4) is 5.75 Å². The molecule has 1 aliphatic carbocycles. The molecule has 3 atom stereocenters. The molecular formula is C27H37NO2. The van der Waals surface area contributed by atoms with Gasteiger partial charge in [-0.15, -0.1) is 0 Å². The van der Waals surface area contributed by atoms with Crippen LogP contribution in [0.2, 0.25) is 0 Å². The van der Waals surface area contributed by atoms with Crippen molar-refractivity contribution in [3.63, 3.8) is 0 Å². The SMILES string of the molecule is CN1CCCCC(C2CCCCC(c3ccc4c(C=O)c(O)ccc4c3)CC2)CC1. The first-order chi connectivity index (χ1) is 14.7. The number of carbonyl (C=O) groups excluding carboxylic acids is 1. The molecule has 0 spiro atoms. The summed E-state index contributed by atoms with van der Waals surface area (Å²) >= 11 is 0. The van der Waals surface area contributed by atoms with Gasteiger partial charge in [-0.05, 0) is 92.4 Å². The summed E-state index contributed by atoms with van der Waals surface area (Å²) in [5.41, 5.74) is 1.81. The zero-order valence-electron chi connectivity index (χ0n) is 18.5. The maximum Gasteiger partial charge on any atom is 0.154 e. The van der Waals surface area contributed by atoms with E-state index in [9.17, 15) is 9.90 Å². The molecule has 1 aliphatic heterocycles. The predicted molar refractivity (Wildman–Crippen MR) is 124 cm³/mol. The Bertz CT molecular complexity index is 861. The first-order valence-electron chi connectivity index (χ1n) is 12.0. The van der Waals surface area contributed by atoms with E-state index in [2.05, 4.69) is 24.1 Å². The highest BCUT2D eigenvalue weighted by molar-refractivity contribution is 6.00. The van der Waals surface area contributed by atoms with Crippen LogP contribution in [0.1, 0.15) is 86.0 Å². The van der Waals surface area contributed by atoms with Gasteiger partial charge in [0.15, 0.2) is 6.29 Å². The Morgan fingerprint density at radius 2 is 1.63 bits per heavy atom. The minimum absolute atomic E-state index is 0.0730. The molecule has 2 fully saturated rings. The zero-order valence-corrected chi connectivity index (χ0v) is 18.5. The van der Waals surface area contributed by atoms with E-state index in [1.54, 1.807) is 6.07 Å². The first kappa shape index (κ1) is 21.4. The highest BCUT2D eigenvalue weighted by atomic mass is 16.3. The molecule has 1 saturated carbocycles. The normalized spacial score (nSPS) is 27.0. The summed E-state index contributed by atoms with van der Waals surface area (Å²) in [4.78, 5) is 13.9. The first-order valence-corrected chi connectivity index (χ1v) is 12.0. The van der Waals surface area contributed by atoms with Crippen molar-refractivity contribution in [1.29, 1.82) is 0 Å². The van der Waals surface area contributed by atoms with E-state index in [0.29, 0.717) is 11.5 Å². The third-order valence-corrected chi connectivity index (χ3v) is 7.83. The highest BCUT2D eigenvalue weighted by Gasteiger charge is 2.26. The summed E-state index contributed by atoms with van der Waals surface area (Å²) < 4.78 is 0. The molecule has 1 N–H and O–H groups in total. The van der Waals surface area contributed by atoms with Crippen LogP contribution in [0.25, 0.3) is 10.8 Å². The number of aromatic hydroxyl groups is 1. The van der Waals surface area contributed by atoms with Gasteiger partial charge in [0.05, 0.1) is 5.56 Å². The second kappa shape index (κ2) is 9.96. The quantitative estimate of drug-likeness (QED) is 0.588. The number of fused-ring (bicyclic) bond motifs is 1. The van der Waals surface area contributed by atoms with Crippen molar-refractivity contribution in [3.05, 3.63) is 41.5 Å². The minimum Gasteiger partial charge on any atom is -0.507 e. The van der Waals surface area contributed by atoms with Crippen LogP contribution in [0.15, 0.2) is 30.3 Å². The fraction of sp³-hybridized carbons (Fsp3) is 0.593. The summed E-state index contributed by atoms with van der Waals surface area (Å²) in [5.74, 6) is 2.48. The Morgan fingerprint density at radius 3 is 2.47 bits per heavy atom. The summed E-state index contributed by atoms with van der Waals surface area (Å²) in [5, 5.41) is 11.9. The van der Waals surface area contributed by atoms with Crippen molar-refractivity contribution in [2.45, 2.75) is 70.1 Å². The Labute approximate surface area is 181 Å². The lowest BCUT2D eigenvalue weighted by Crippen LogP contribution is -2.28. The number of phenols is 1. The van der Waals surface area contributed by atoms with Gasteiger partial charge in [-0.3, -0.25) is 4.79 Å². The van der Waals surface area contributed by atoms with Crippen LogP contribution in [0.5, 0.6) is 5.75 Å². The van der Waals surface area contributed by atoms with Gasteiger partial charge in [-0.2, -0.15) is 0 Å². The van der Waals surface area contributed by atoms with E-state index in [-0.39, 0.29) is 5.75 Å². The topological polar surface area (TPSA) is 40.5 Å². The van der Waals surface area contributed by atoms with Crippen LogP contribution >= 0.6 is 0 Å². The van der Waals surface area contributed by atoms with Crippen LogP contribution in [0, 0.1) is 11.8 Å². The van der Waals surface area contributed by atoms with Crippen molar-refractivity contribution < 1.29 is 9.90 Å². The molecule has 1 heterocycles. The van der Waals surface area contributed by atoms with Crippen LogP contribution in [0.4, 0.5) is 0 Å². The Morgan fingerprint density at radius 1 is 0.867 bits per heavy atom. The minimum atomic E-state index is 0.0730. The fourth-order valence-corrected chi connectivity index (χ4v) is 5.95. The lowest BCUT2D eigenvalue weighted by atomic mass is 9.74. The van der Waals surface area contributed by atoms with Gasteiger partial charge in [0.25, 0.3) is 0 Å². The number of benzene rings is 2. The Balaban J connectivity index is 1.48. The monoisotopic (exact) mass is 407 g/mol. The average molecular weight is 408 g/mol. The number of nitrogens with zero attached hydrogens (tertiary/aromatic N) is 1. The maximum absolute atomic E-state index is 11.4. The number of likely N-dealkylation sites (tertiary alicyclic amines) is 1. The van der Waals surface area contributed by atoms with E-state index < -0.39 is 0 Å². The molecule has 1 saturated heterocycles. The summed E-state index contributed by atoms with van der Waals surface area (Å²) in [7, 11) is 2.28. The molecule has 0 aromatic heterocycles. The lowest BCUT2D eigenvalue weighted by molar-refractivity contribution is 0.112. The molecular weight excluding hydrogens is 370 g/mol. The second-order valence-corrected chi connectivity index (χ2v) is 9.76. The third kappa shape index (κ3) is 4.88. The van der Waals surface area contributed by atoms with Gasteiger partial charge >= 0.3 is 0 Å². The molecule has 4 rings (SSSR count). The van der Waals surface area contributed by atoms with E-state index in [1.807, 2.05) is 12.1 Å². The van der Waals surface area contributed by atoms with Gasteiger partial charge in [-0.1, -0.05) is 56.4 Å². The van der Waals surface area contributed by atoms with Crippen molar-refractivity contribution in [1.82, 2.24) is 4.90 Å². The number of rotatable bonds is 3. The standard InChI is InChI=1S/C27H37NO2/c1-28-16-5-4-8-22(15-17-28)20-6-2-3-7-21(10-9-20)23-11-13-25-24(18-23)12-14-27(30)26(25)19-29/h11-14,18-22,30H,2-10,15-17H2,1H3. The molecule has 2 aromatic rings. The molecule has 162 valence electrons. The smallest absolute Gasteiger partial charge is 0.154 e. The van der Waals surface area contributed by atoms with Crippen molar-refractivity contribution in [2.24, 2.45) is 11.8 Å². The largest absolute Gasteiger partial charge is 0.507 e. The maximum atomic E-state index is 11.4. The molecule has 3 heteroatoms. The zero-order chi connectivity index (χ0) is 20.9. The van der Waals surface area contributed by atoms with E-state index >= 15 is 0 Å². The average Bonchev–Trinajstić information content (AvgIpc) is 2.72. The van der Waals surface area contributed by atoms with Gasteiger partial charge in [-0.25, -0.2) is 0 Å². The molecule has 0 radical (unpaired) electrons. The van der Waals surface area contributed by atoms with E-state index in [4.69, 9.17) is 0 Å². The molecule has 30 heavy (non-hydrogen) atoms. The number of hydrogen-bond donors (Lipinski definition) is 1. The van der Waals surface area contributed by atoms with Crippen molar-refractivity contribution in [2.75, 3.05) is 20.1 Å². The third-order valence-electron chi connectivity index (χ3n) is 7.83. The summed E-state index contributed by atoms with van der Waals surface area (Å²) in [6.45, 7) is 2.53. The highest BCUT2D eigenvalue weighted by Crippen LogP contribution is 2.39. The molecule has 3 unspecified atom stereocenters. The number of carbonyl (C=O) groups is 1. The van der Waals surface area contributed by atoms with Crippen LogP contribution in [0.3, 0.4) is 0 Å². The lowest BCUT2D eigenvalue weighted by Gasteiger charge is -2.34. The number of hydrogen-bond acceptors (Lipinski definition) is 3. The predicted octanol–water partition coefficient (Wildman–Crippen LogP) is 6.53.